The molecule has 1 saturated carbocycles. The molecule has 0 unspecified atom stereocenters. The molecule has 0 N–H and O–H groups in total. The lowest BCUT2D eigenvalue weighted by Gasteiger charge is -2.57. The monoisotopic (exact) mass is 154 g/mol. The third-order valence-electron chi connectivity index (χ3n) is 3.43. The van der Waals surface area contributed by atoms with Crippen molar-refractivity contribution in [2.24, 2.45) is 11.3 Å². The van der Waals surface area contributed by atoms with Crippen LogP contribution in [0.3, 0.4) is 0 Å². The summed E-state index contributed by atoms with van der Waals surface area (Å²) >= 11 is 0. The summed E-state index contributed by atoms with van der Waals surface area (Å²) in [6, 6.07) is 0. The third-order valence-corrected chi connectivity index (χ3v) is 3.43. The van der Waals surface area contributed by atoms with Gasteiger partial charge in [-0.3, -0.25) is 0 Å². The van der Waals surface area contributed by atoms with Gasteiger partial charge in [-0.1, -0.05) is 20.8 Å². The lowest BCUT2D eigenvalue weighted by Crippen LogP contribution is -2.56. The largest absolute Gasteiger partial charge is 0.375 e. The van der Waals surface area contributed by atoms with Gasteiger partial charge < -0.3 is 4.74 Å². The third kappa shape index (κ3) is 1.10. The number of hydrogen-bond donors (Lipinski definition) is 0. The molecule has 0 aromatic rings. The van der Waals surface area contributed by atoms with Crippen molar-refractivity contribution < 1.29 is 4.74 Å². The van der Waals surface area contributed by atoms with Crippen LogP contribution in [0.2, 0.25) is 0 Å². The molecular weight excluding hydrogens is 136 g/mol. The zero-order valence-corrected chi connectivity index (χ0v) is 7.81. The van der Waals surface area contributed by atoms with E-state index in [0.717, 1.165) is 12.5 Å². The Labute approximate surface area is 69.1 Å². The van der Waals surface area contributed by atoms with Gasteiger partial charge in [0.15, 0.2) is 0 Å². The molecule has 0 radical (unpaired) electrons. The van der Waals surface area contributed by atoms with Crippen molar-refractivity contribution in [2.75, 3.05) is 6.61 Å². The minimum atomic E-state index is 0.373. The van der Waals surface area contributed by atoms with E-state index in [0.29, 0.717) is 11.0 Å². The lowest BCUT2D eigenvalue weighted by molar-refractivity contribution is -0.227. The summed E-state index contributed by atoms with van der Waals surface area (Å²) in [6.45, 7) is 8.02. The fourth-order valence-corrected chi connectivity index (χ4v) is 2.16. The van der Waals surface area contributed by atoms with E-state index in [1.807, 2.05) is 0 Å². The molecular formula is C10H18O. The van der Waals surface area contributed by atoms with Crippen LogP contribution in [-0.2, 0) is 4.74 Å². The van der Waals surface area contributed by atoms with E-state index in [9.17, 15) is 0 Å². The Kier molecular flexibility index (Phi) is 1.39. The van der Waals surface area contributed by atoms with Crippen molar-refractivity contribution in [3.8, 4) is 0 Å². The fraction of sp³-hybridized carbons (Fsp3) is 1.00. The first-order valence-electron chi connectivity index (χ1n) is 4.66. The van der Waals surface area contributed by atoms with Crippen LogP contribution in [0.15, 0.2) is 0 Å². The molecule has 2 aliphatic rings. The SMILES string of the molecule is CC(C)(C)C1CC2(CCO2)C1. The van der Waals surface area contributed by atoms with Gasteiger partial charge in [-0.2, -0.15) is 0 Å². The number of ether oxygens (including phenoxy) is 1. The van der Waals surface area contributed by atoms with Crippen LogP contribution < -0.4 is 0 Å². The molecule has 64 valence electrons. The molecule has 0 amide bonds. The molecule has 1 spiro atoms. The highest BCUT2D eigenvalue weighted by Crippen LogP contribution is 2.54. The van der Waals surface area contributed by atoms with E-state index in [2.05, 4.69) is 20.8 Å². The Balaban J connectivity index is 1.88. The smallest absolute Gasteiger partial charge is 0.0710 e. The summed E-state index contributed by atoms with van der Waals surface area (Å²) in [5.74, 6) is 0.905. The predicted molar refractivity (Wildman–Crippen MR) is 45.5 cm³/mol. The van der Waals surface area contributed by atoms with Gasteiger partial charge >= 0.3 is 0 Å². The first-order chi connectivity index (χ1) is 5.02. The molecule has 1 heteroatoms. The van der Waals surface area contributed by atoms with Crippen LogP contribution in [0.5, 0.6) is 0 Å². The minimum Gasteiger partial charge on any atom is -0.375 e. The molecule has 0 atom stereocenters. The van der Waals surface area contributed by atoms with Crippen LogP contribution in [0.25, 0.3) is 0 Å². The summed E-state index contributed by atoms with van der Waals surface area (Å²) in [5.41, 5.74) is 0.877. The highest BCUT2D eigenvalue weighted by molar-refractivity contribution is 5.03. The maximum atomic E-state index is 5.58. The molecule has 1 saturated heterocycles. The maximum absolute atomic E-state index is 5.58. The van der Waals surface area contributed by atoms with Gasteiger partial charge in [0, 0.05) is 0 Å². The van der Waals surface area contributed by atoms with E-state index >= 15 is 0 Å². The molecule has 2 fully saturated rings. The summed E-state index contributed by atoms with van der Waals surface area (Å²) in [6.07, 6.45) is 3.95. The predicted octanol–water partition coefficient (Wildman–Crippen LogP) is 2.60. The average Bonchev–Trinajstić information content (AvgIpc) is 1.49. The average molecular weight is 154 g/mol. The van der Waals surface area contributed by atoms with Crippen molar-refractivity contribution in [2.45, 2.75) is 45.6 Å². The summed E-state index contributed by atoms with van der Waals surface area (Å²) < 4.78 is 5.58. The van der Waals surface area contributed by atoms with E-state index < -0.39 is 0 Å². The summed E-state index contributed by atoms with van der Waals surface area (Å²) in [7, 11) is 0. The molecule has 11 heavy (non-hydrogen) atoms. The number of rotatable bonds is 0. The van der Waals surface area contributed by atoms with E-state index in [1.165, 1.54) is 19.3 Å². The second-order valence-corrected chi connectivity index (χ2v) is 5.25. The highest BCUT2D eigenvalue weighted by atomic mass is 16.5. The van der Waals surface area contributed by atoms with Crippen LogP contribution in [0.4, 0.5) is 0 Å². The zero-order chi connectivity index (χ0) is 8.11. The summed E-state index contributed by atoms with van der Waals surface area (Å²) in [5, 5.41) is 0. The Morgan fingerprint density at radius 1 is 1.27 bits per heavy atom. The molecule has 1 aliphatic carbocycles. The standard InChI is InChI=1S/C10H18O/c1-9(2,3)8-6-10(7-8)4-5-11-10/h8H,4-7H2,1-3H3. The zero-order valence-electron chi connectivity index (χ0n) is 7.81. The highest BCUT2D eigenvalue weighted by Gasteiger charge is 2.52. The van der Waals surface area contributed by atoms with Gasteiger partial charge in [0.1, 0.15) is 0 Å². The molecule has 0 aromatic heterocycles. The van der Waals surface area contributed by atoms with Crippen molar-refractivity contribution in [3.63, 3.8) is 0 Å². The molecule has 1 nitrogen and oxygen atoms in total. The molecule has 0 aromatic carbocycles. The Morgan fingerprint density at radius 2 is 1.82 bits per heavy atom. The van der Waals surface area contributed by atoms with Crippen LogP contribution >= 0.6 is 0 Å². The normalized spacial score (nSPS) is 43.4. The van der Waals surface area contributed by atoms with Gasteiger partial charge in [0.25, 0.3) is 0 Å². The molecule has 1 aliphatic heterocycles. The molecule has 1 heterocycles. The van der Waals surface area contributed by atoms with Crippen LogP contribution in [-0.4, -0.2) is 12.2 Å². The van der Waals surface area contributed by atoms with Gasteiger partial charge in [-0.05, 0) is 30.6 Å². The Hall–Kier alpha value is -0.0400. The van der Waals surface area contributed by atoms with Gasteiger partial charge in [-0.15, -0.1) is 0 Å². The van der Waals surface area contributed by atoms with E-state index in [4.69, 9.17) is 4.74 Å². The van der Waals surface area contributed by atoms with E-state index in [1.54, 1.807) is 0 Å². The Bertz CT molecular complexity index is 154. The molecule has 0 bridgehead atoms. The number of hydrogen-bond acceptors (Lipinski definition) is 1. The second-order valence-electron chi connectivity index (χ2n) is 5.25. The van der Waals surface area contributed by atoms with Crippen molar-refractivity contribution >= 4 is 0 Å². The summed E-state index contributed by atoms with van der Waals surface area (Å²) in [4.78, 5) is 0. The Morgan fingerprint density at radius 3 is 2.09 bits per heavy atom. The van der Waals surface area contributed by atoms with Crippen molar-refractivity contribution in [1.82, 2.24) is 0 Å². The van der Waals surface area contributed by atoms with Gasteiger partial charge in [-0.25, -0.2) is 0 Å². The van der Waals surface area contributed by atoms with Gasteiger partial charge in [0.05, 0.1) is 12.2 Å². The van der Waals surface area contributed by atoms with Crippen LogP contribution in [0, 0.1) is 11.3 Å². The maximum Gasteiger partial charge on any atom is 0.0710 e. The first kappa shape index (κ1) is 7.60. The van der Waals surface area contributed by atoms with Gasteiger partial charge in [0.2, 0.25) is 0 Å². The second kappa shape index (κ2) is 2.01. The van der Waals surface area contributed by atoms with E-state index in [-0.39, 0.29) is 0 Å². The topological polar surface area (TPSA) is 9.23 Å². The van der Waals surface area contributed by atoms with Crippen LogP contribution in [0.1, 0.15) is 40.0 Å². The van der Waals surface area contributed by atoms with Crippen molar-refractivity contribution in [3.05, 3.63) is 0 Å². The quantitative estimate of drug-likeness (QED) is 0.521. The first-order valence-corrected chi connectivity index (χ1v) is 4.66. The fourth-order valence-electron chi connectivity index (χ4n) is 2.16. The lowest BCUT2D eigenvalue weighted by atomic mass is 9.58. The minimum absolute atomic E-state index is 0.373. The van der Waals surface area contributed by atoms with Crippen molar-refractivity contribution in [1.29, 1.82) is 0 Å². The molecule has 2 rings (SSSR count).